The lowest BCUT2D eigenvalue weighted by atomic mass is 9.92. The van der Waals surface area contributed by atoms with Crippen molar-refractivity contribution in [3.63, 3.8) is 0 Å². The first-order valence-corrected chi connectivity index (χ1v) is 11.5. The molecule has 0 unspecified atom stereocenters. The van der Waals surface area contributed by atoms with Gasteiger partial charge in [-0.2, -0.15) is 0 Å². The molecule has 4 heteroatoms. The van der Waals surface area contributed by atoms with Gasteiger partial charge >= 0.3 is 0 Å². The molecule has 1 amide bonds. The number of carbonyl (C=O) groups is 1. The monoisotopic (exact) mass is 430 g/mol. The molecule has 0 aliphatic heterocycles. The van der Waals surface area contributed by atoms with Crippen LogP contribution in [0.5, 0.6) is 0 Å². The van der Waals surface area contributed by atoms with Crippen LogP contribution in [-0.2, 0) is 12.8 Å². The Bertz CT molecular complexity index is 942. The van der Waals surface area contributed by atoms with Gasteiger partial charge in [0.25, 0.3) is 5.91 Å². The molecule has 4 nitrogen and oxygen atoms in total. The zero-order valence-electron chi connectivity index (χ0n) is 19.2. The fraction of sp³-hybridized carbons (Fsp3) is 0.357. The first kappa shape index (κ1) is 23.7. The van der Waals surface area contributed by atoms with E-state index in [9.17, 15) is 9.90 Å². The summed E-state index contributed by atoms with van der Waals surface area (Å²) in [5, 5.41) is 10.5. The van der Waals surface area contributed by atoms with E-state index in [2.05, 4.69) is 24.0 Å². The molecule has 3 rings (SSSR count). The van der Waals surface area contributed by atoms with Crippen molar-refractivity contribution in [2.24, 2.45) is 5.92 Å². The standard InChI is InChI=1S/C28H34N2O2/c1-22(27(31)24-12-4-3-5-13-24)10-6-7-11-23-15-17-25(18-16-23)28(32)30(2)21-19-26-14-8-9-20-29-26/h3-5,8-9,12-18,20,22,27,31H,6-7,10-11,19,21H2,1-2H3/t22-,27+/m1/s1. The molecule has 32 heavy (non-hydrogen) atoms. The summed E-state index contributed by atoms with van der Waals surface area (Å²) in [5.41, 5.74) is 3.95. The third-order valence-corrected chi connectivity index (χ3v) is 6.03. The van der Waals surface area contributed by atoms with E-state index >= 15 is 0 Å². The highest BCUT2D eigenvalue weighted by atomic mass is 16.3. The number of aliphatic hydroxyl groups is 1. The Morgan fingerprint density at radius 2 is 1.66 bits per heavy atom. The highest BCUT2D eigenvalue weighted by molar-refractivity contribution is 5.94. The Kier molecular flexibility index (Phi) is 9.00. The SMILES string of the molecule is C[C@H](CCCCc1ccc(C(=O)N(C)CCc2ccccn2)cc1)[C@H](O)c1ccccc1. The summed E-state index contributed by atoms with van der Waals surface area (Å²) in [7, 11) is 1.84. The Morgan fingerprint density at radius 1 is 0.938 bits per heavy atom. The average Bonchev–Trinajstić information content (AvgIpc) is 2.85. The fourth-order valence-electron chi connectivity index (χ4n) is 3.90. The summed E-state index contributed by atoms with van der Waals surface area (Å²) in [5.74, 6) is 0.273. The minimum Gasteiger partial charge on any atom is -0.388 e. The van der Waals surface area contributed by atoms with E-state index < -0.39 is 6.10 Å². The number of rotatable bonds is 11. The highest BCUT2D eigenvalue weighted by Crippen LogP contribution is 2.26. The second kappa shape index (κ2) is 12.2. The molecule has 0 aliphatic rings. The number of nitrogens with zero attached hydrogens (tertiary/aromatic N) is 2. The van der Waals surface area contributed by atoms with Gasteiger partial charge in [-0.05, 0) is 60.6 Å². The van der Waals surface area contributed by atoms with Gasteiger partial charge in [0.15, 0.2) is 0 Å². The van der Waals surface area contributed by atoms with Crippen LogP contribution >= 0.6 is 0 Å². The average molecular weight is 431 g/mol. The Hall–Kier alpha value is -2.98. The van der Waals surface area contributed by atoms with Crippen molar-refractivity contribution in [1.82, 2.24) is 9.88 Å². The van der Waals surface area contributed by atoms with Gasteiger partial charge < -0.3 is 10.0 Å². The molecule has 2 atom stereocenters. The third-order valence-electron chi connectivity index (χ3n) is 6.03. The number of carbonyl (C=O) groups excluding carboxylic acids is 1. The number of aromatic nitrogens is 1. The quantitative estimate of drug-likeness (QED) is 0.410. The Balaban J connectivity index is 1.39. The minimum atomic E-state index is -0.406. The molecule has 0 aliphatic carbocycles. The van der Waals surface area contributed by atoms with Crippen molar-refractivity contribution >= 4 is 5.91 Å². The van der Waals surface area contributed by atoms with Crippen LogP contribution in [0.2, 0.25) is 0 Å². The van der Waals surface area contributed by atoms with Crippen LogP contribution in [0.1, 0.15) is 59.5 Å². The van der Waals surface area contributed by atoms with Crippen LogP contribution in [0.3, 0.4) is 0 Å². The van der Waals surface area contributed by atoms with E-state index in [0.717, 1.165) is 48.9 Å². The largest absolute Gasteiger partial charge is 0.388 e. The summed E-state index contributed by atoms with van der Waals surface area (Å²) in [6.07, 6.45) is 6.24. The van der Waals surface area contributed by atoms with Gasteiger partial charge in [-0.15, -0.1) is 0 Å². The van der Waals surface area contributed by atoms with E-state index in [1.807, 2.05) is 67.7 Å². The van der Waals surface area contributed by atoms with Gasteiger partial charge in [0.05, 0.1) is 6.10 Å². The van der Waals surface area contributed by atoms with Gasteiger partial charge in [0.2, 0.25) is 0 Å². The molecule has 168 valence electrons. The molecule has 2 aromatic carbocycles. The molecule has 3 aromatic rings. The summed E-state index contributed by atoms with van der Waals surface area (Å²) < 4.78 is 0. The number of aliphatic hydroxyl groups excluding tert-OH is 1. The molecule has 1 N–H and O–H groups in total. The lowest BCUT2D eigenvalue weighted by Gasteiger charge is -2.19. The Labute approximate surface area is 191 Å². The normalized spacial score (nSPS) is 12.8. The maximum atomic E-state index is 12.7. The maximum absolute atomic E-state index is 12.7. The van der Waals surface area contributed by atoms with Crippen molar-refractivity contribution in [2.75, 3.05) is 13.6 Å². The van der Waals surface area contributed by atoms with Crippen LogP contribution < -0.4 is 0 Å². The number of pyridine rings is 1. The van der Waals surface area contributed by atoms with Crippen LogP contribution in [0.4, 0.5) is 0 Å². The predicted octanol–water partition coefficient (Wildman–Crippen LogP) is 5.48. The van der Waals surface area contributed by atoms with Crippen molar-refractivity contribution in [3.8, 4) is 0 Å². The van der Waals surface area contributed by atoms with Crippen LogP contribution in [0.15, 0.2) is 79.0 Å². The molecule has 0 saturated carbocycles. The number of amides is 1. The van der Waals surface area contributed by atoms with Crippen molar-refractivity contribution in [3.05, 3.63) is 101 Å². The fourth-order valence-corrected chi connectivity index (χ4v) is 3.90. The summed E-state index contributed by atoms with van der Waals surface area (Å²) >= 11 is 0. The number of hydrogen-bond acceptors (Lipinski definition) is 3. The molecule has 0 bridgehead atoms. The zero-order chi connectivity index (χ0) is 22.8. The molecule has 1 aromatic heterocycles. The highest BCUT2D eigenvalue weighted by Gasteiger charge is 2.16. The van der Waals surface area contributed by atoms with E-state index in [4.69, 9.17) is 0 Å². The zero-order valence-corrected chi connectivity index (χ0v) is 19.2. The lowest BCUT2D eigenvalue weighted by molar-refractivity contribution is 0.0796. The molecule has 0 saturated heterocycles. The summed E-state index contributed by atoms with van der Waals surface area (Å²) in [6.45, 7) is 2.76. The number of benzene rings is 2. The maximum Gasteiger partial charge on any atom is 0.253 e. The van der Waals surface area contributed by atoms with E-state index in [0.29, 0.717) is 6.54 Å². The van der Waals surface area contributed by atoms with Crippen LogP contribution in [0, 0.1) is 5.92 Å². The summed E-state index contributed by atoms with van der Waals surface area (Å²) in [6, 6.07) is 23.7. The molecular weight excluding hydrogens is 396 g/mol. The minimum absolute atomic E-state index is 0.0382. The third kappa shape index (κ3) is 7.03. The molecular formula is C28H34N2O2. The number of unbranched alkanes of at least 4 members (excludes halogenated alkanes) is 1. The molecule has 1 heterocycles. The number of hydrogen-bond donors (Lipinski definition) is 1. The Morgan fingerprint density at radius 3 is 2.34 bits per heavy atom. The van der Waals surface area contributed by atoms with Gasteiger partial charge in [0, 0.05) is 37.5 Å². The van der Waals surface area contributed by atoms with E-state index in [1.165, 1.54) is 5.56 Å². The summed E-state index contributed by atoms with van der Waals surface area (Å²) in [4.78, 5) is 18.7. The lowest BCUT2D eigenvalue weighted by Crippen LogP contribution is -2.29. The van der Waals surface area contributed by atoms with Gasteiger partial charge in [-0.25, -0.2) is 0 Å². The first-order valence-electron chi connectivity index (χ1n) is 11.5. The second-order valence-electron chi connectivity index (χ2n) is 8.57. The molecule has 0 fully saturated rings. The van der Waals surface area contributed by atoms with Gasteiger partial charge in [-0.3, -0.25) is 9.78 Å². The van der Waals surface area contributed by atoms with E-state index in [1.54, 1.807) is 11.1 Å². The van der Waals surface area contributed by atoms with E-state index in [-0.39, 0.29) is 11.8 Å². The van der Waals surface area contributed by atoms with Gasteiger partial charge in [0.1, 0.15) is 0 Å². The van der Waals surface area contributed by atoms with Crippen molar-refractivity contribution in [1.29, 1.82) is 0 Å². The van der Waals surface area contributed by atoms with Crippen molar-refractivity contribution in [2.45, 2.75) is 45.1 Å². The second-order valence-corrected chi connectivity index (χ2v) is 8.57. The topological polar surface area (TPSA) is 53.4 Å². The predicted molar refractivity (Wildman–Crippen MR) is 129 cm³/mol. The van der Waals surface area contributed by atoms with Crippen LogP contribution in [-0.4, -0.2) is 34.5 Å². The molecule has 0 radical (unpaired) electrons. The van der Waals surface area contributed by atoms with Gasteiger partial charge in [-0.1, -0.05) is 61.9 Å². The number of likely N-dealkylation sites (N-methyl/N-ethyl adjacent to an activating group) is 1. The van der Waals surface area contributed by atoms with Crippen molar-refractivity contribution < 1.29 is 9.90 Å². The first-order chi connectivity index (χ1) is 15.5. The molecule has 0 spiro atoms. The van der Waals surface area contributed by atoms with Crippen LogP contribution in [0.25, 0.3) is 0 Å². The smallest absolute Gasteiger partial charge is 0.253 e. The number of aryl methyl sites for hydroxylation is 1.